The van der Waals surface area contributed by atoms with Gasteiger partial charge in [-0.2, -0.15) is 0 Å². The van der Waals surface area contributed by atoms with Crippen LogP contribution in [-0.2, 0) is 11.3 Å². The van der Waals surface area contributed by atoms with Gasteiger partial charge in [-0.15, -0.1) is 0 Å². The molecule has 8 nitrogen and oxygen atoms in total. The predicted octanol–water partition coefficient (Wildman–Crippen LogP) is 3.05. The second-order valence-corrected chi connectivity index (χ2v) is 9.77. The fourth-order valence-electron chi connectivity index (χ4n) is 5.02. The molecule has 2 aromatic heterocycles. The van der Waals surface area contributed by atoms with E-state index in [4.69, 9.17) is 5.73 Å². The second-order valence-electron chi connectivity index (χ2n) is 9.00. The number of hydrogen-bond acceptors (Lipinski definition) is 7. The first-order chi connectivity index (χ1) is 16.4. The van der Waals surface area contributed by atoms with Crippen LogP contribution in [0.25, 0.3) is 11.0 Å². The van der Waals surface area contributed by atoms with Crippen molar-refractivity contribution >= 4 is 34.7 Å². The molecule has 1 aromatic carbocycles. The highest BCUT2D eigenvalue weighted by Crippen LogP contribution is 2.35. The number of benzene rings is 1. The van der Waals surface area contributed by atoms with E-state index in [2.05, 4.69) is 19.5 Å². The van der Waals surface area contributed by atoms with Crippen LogP contribution in [0.1, 0.15) is 30.9 Å². The van der Waals surface area contributed by atoms with E-state index < -0.39 is 11.6 Å². The molecule has 180 valence electrons. The molecule has 2 aliphatic rings. The summed E-state index contributed by atoms with van der Waals surface area (Å²) < 4.78 is 31.5. The van der Waals surface area contributed by atoms with E-state index in [0.717, 1.165) is 16.2 Å². The first-order valence-electron chi connectivity index (χ1n) is 11.3. The molecule has 11 heteroatoms. The van der Waals surface area contributed by atoms with E-state index in [1.807, 2.05) is 11.2 Å². The molecule has 2 N–H and O–H groups in total. The number of aromatic nitrogens is 4. The molecule has 1 unspecified atom stereocenters. The molecule has 34 heavy (non-hydrogen) atoms. The average Bonchev–Trinajstić information content (AvgIpc) is 3.40. The number of amides is 1. The Morgan fingerprint density at radius 3 is 2.68 bits per heavy atom. The topological polar surface area (TPSA) is 93.2 Å². The van der Waals surface area contributed by atoms with E-state index in [1.54, 1.807) is 23.4 Å². The van der Waals surface area contributed by atoms with Crippen molar-refractivity contribution in [3.05, 3.63) is 42.0 Å². The SMILES string of the molecule is CSc1nc2cc(F)ccc2n1C1CCN(C(=O)C2(F)CCN(Cc3cnc(N)nc3)C2)CC1. The molecule has 2 fully saturated rings. The molecule has 2 saturated heterocycles. The van der Waals surface area contributed by atoms with Crippen LogP contribution in [0, 0.1) is 5.82 Å². The zero-order valence-corrected chi connectivity index (χ0v) is 19.8. The monoisotopic (exact) mass is 487 g/mol. The highest BCUT2D eigenvalue weighted by Gasteiger charge is 2.47. The number of imidazole rings is 1. The lowest BCUT2D eigenvalue weighted by atomic mass is 9.99. The summed E-state index contributed by atoms with van der Waals surface area (Å²) in [6, 6.07) is 4.77. The molecule has 2 aliphatic heterocycles. The lowest BCUT2D eigenvalue weighted by Gasteiger charge is -2.36. The summed E-state index contributed by atoms with van der Waals surface area (Å²) in [4.78, 5) is 29.2. The number of hydrogen-bond donors (Lipinski definition) is 1. The van der Waals surface area contributed by atoms with E-state index in [-0.39, 0.29) is 30.8 Å². The minimum absolute atomic E-state index is 0.0600. The Morgan fingerprint density at radius 1 is 1.24 bits per heavy atom. The number of thioether (sulfide) groups is 1. The van der Waals surface area contributed by atoms with Gasteiger partial charge in [-0.25, -0.2) is 23.7 Å². The summed E-state index contributed by atoms with van der Waals surface area (Å²) in [6.07, 6.45) is 6.78. The largest absolute Gasteiger partial charge is 0.368 e. The second kappa shape index (κ2) is 9.10. The number of halogens is 2. The molecule has 0 bridgehead atoms. The fraction of sp³-hybridized carbons (Fsp3) is 0.478. The third-order valence-corrected chi connectivity index (χ3v) is 7.39. The van der Waals surface area contributed by atoms with E-state index in [9.17, 15) is 9.18 Å². The molecule has 3 aromatic rings. The summed E-state index contributed by atoms with van der Waals surface area (Å²) in [5.74, 6) is -0.540. The highest BCUT2D eigenvalue weighted by atomic mass is 32.2. The number of rotatable bonds is 5. The summed E-state index contributed by atoms with van der Waals surface area (Å²) >= 11 is 1.52. The number of nitrogens with two attached hydrogens (primary N) is 1. The van der Waals surface area contributed by atoms with Gasteiger partial charge in [-0.05, 0) is 31.2 Å². The standard InChI is InChI=1S/C23H27F2N7OS/c1-34-22-29-18-10-16(24)2-3-19(18)32(22)17-4-7-31(8-5-17)20(33)23(25)6-9-30(14-23)13-15-11-27-21(26)28-12-15/h2-3,10-12,17H,4-9,13-14H2,1H3,(H2,26,27,28). The van der Waals surface area contributed by atoms with Crippen molar-refractivity contribution in [2.75, 3.05) is 38.2 Å². The number of alkyl halides is 1. The zero-order valence-electron chi connectivity index (χ0n) is 19.0. The van der Waals surface area contributed by atoms with Crippen LogP contribution in [0.2, 0.25) is 0 Å². The number of anilines is 1. The Kier molecular flexibility index (Phi) is 6.15. The minimum Gasteiger partial charge on any atom is -0.368 e. The van der Waals surface area contributed by atoms with Crippen LogP contribution in [0.4, 0.5) is 14.7 Å². The predicted molar refractivity (Wildman–Crippen MR) is 127 cm³/mol. The van der Waals surface area contributed by atoms with Crippen LogP contribution in [0.5, 0.6) is 0 Å². The van der Waals surface area contributed by atoms with Gasteiger partial charge in [-0.1, -0.05) is 11.8 Å². The Bertz CT molecular complexity index is 1200. The summed E-state index contributed by atoms with van der Waals surface area (Å²) in [5.41, 5.74) is 5.99. The van der Waals surface area contributed by atoms with E-state index in [1.165, 1.54) is 23.9 Å². The highest BCUT2D eigenvalue weighted by molar-refractivity contribution is 7.98. The number of carbonyl (C=O) groups excluding carboxylic acids is 1. The van der Waals surface area contributed by atoms with E-state index >= 15 is 4.39 Å². The number of nitrogens with zero attached hydrogens (tertiary/aromatic N) is 6. The molecule has 0 radical (unpaired) electrons. The summed E-state index contributed by atoms with van der Waals surface area (Å²) in [6.45, 7) is 2.00. The van der Waals surface area contributed by atoms with Crippen LogP contribution < -0.4 is 5.73 Å². The third kappa shape index (κ3) is 4.34. The molecule has 1 amide bonds. The molecule has 0 spiro atoms. The Morgan fingerprint density at radius 2 is 1.97 bits per heavy atom. The number of likely N-dealkylation sites (tertiary alicyclic amines) is 2. The van der Waals surface area contributed by atoms with Crippen LogP contribution in [-0.4, -0.2) is 73.3 Å². The third-order valence-electron chi connectivity index (χ3n) is 6.73. The maximum atomic E-state index is 15.7. The Labute approximate surface area is 200 Å². The van der Waals surface area contributed by atoms with Gasteiger partial charge >= 0.3 is 0 Å². The summed E-state index contributed by atoms with van der Waals surface area (Å²) in [7, 11) is 0. The summed E-state index contributed by atoms with van der Waals surface area (Å²) in [5, 5.41) is 0.824. The van der Waals surface area contributed by atoms with Gasteiger partial charge in [0.05, 0.1) is 11.0 Å². The molecule has 1 atom stereocenters. The number of nitrogen functional groups attached to an aromatic ring is 1. The lowest BCUT2D eigenvalue weighted by Crippen LogP contribution is -2.50. The number of piperidine rings is 1. The van der Waals surface area contributed by atoms with E-state index in [0.29, 0.717) is 44.5 Å². The lowest BCUT2D eigenvalue weighted by molar-refractivity contribution is -0.144. The van der Waals surface area contributed by atoms with Gasteiger partial charge in [0.2, 0.25) is 11.6 Å². The van der Waals surface area contributed by atoms with Gasteiger partial charge in [0.1, 0.15) is 5.82 Å². The Balaban J connectivity index is 1.23. The van der Waals surface area contributed by atoms with Crippen LogP contribution in [0.15, 0.2) is 35.7 Å². The first-order valence-corrected chi connectivity index (χ1v) is 12.6. The van der Waals surface area contributed by atoms with Crippen molar-refractivity contribution < 1.29 is 13.6 Å². The van der Waals surface area contributed by atoms with Crippen LogP contribution >= 0.6 is 11.8 Å². The normalized spacial score (nSPS) is 22.0. The van der Waals surface area contributed by atoms with Crippen molar-refractivity contribution in [2.24, 2.45) is 0 Å². The molecule has 5 rings (SSSR count). The average molecular weight is 488 g/mol. The molecule has 0 aliphatic carbocycles. The van der Waals surface area contributed by atoms with Crippen molar-refractivity contribution in [2.45, 2.75) is 42.7 Å². The minimum atomic E-state index is -1.88. The molecular formula is C23H27F2N7OS. The van der Waals surface area contributed by atoms with Gasteiger partial charge in [0.15, 0.2) is 5.16 Å². The fourth-order valence-corrected chi connectivity index (χ4v) is 5.65. The maximum Gasteiger partial charge on any atom is 0.261 e. The smallest absolute Gasteiger partial charge is 0.261 e. The molecular weight excluding hydrogens is 460 g/mol. The zero-order chi connectivity index (χ0) is 23.9. The van der Waals surface area contributed by atoms with Crippen molar-refractivity contribution in [1.29, 1.82) is 0 Å². The number of fused-ring (bicyclic) bond motifs is 1. The molecule has 4 heterocycles. The van der Waals surface area contributed by atoms with Crippen molar-refractivity contribution in [1.82, 2.24) is 29.3 Å². The Hall–Kier alpha value is -2.79. The van der Waals surface area contributed by atoms with Gasteiger partial charge < -0.3 is 15.2 Å². The van der Waals surface area contributed by atoms with Gasteiger partial charge in [0.25, 0.3) is 5.91 Å². The number of carbonyl (C=O) groups is 1. The first kappa shape index (κ1) is 23.0. The van der Waals surface area contributed by atoms with Crippen molar-refractivity contribution in [3.8, 4) is 0 Å². The van der Waals surface area contributed by atoms with Crippen molar-refractivity contribution in [3.63, 3.8) is 0 Å². The maximum absolute atomic E-state index is 15.7. The van der Waals surface area contributed by atoms with Crippen LogP contribution in [0.3, 0.4) is 0 Å². The van der Waals surface area contributed by atoms with Gasteiger partial charge in [-0.3, -0.25) is 9.69 Å². The molecule has 0 saturated carbocycles. The quantitative estimate of drug-likeness (QED) is 0.553. The van der Waals surface area contributed by atoms with Gasteiger partial charge in [0, 0.05) is 69.2 Å².